The molecule has 7 heteroatoms. The quantitative estimate of drug-likeness (QED) is 0.686. The molecule has 0 saturated heterocycles. The highest BCUT2D eigenvalue weighted by Gasteiger charge is 2.22. The number of nitrogens with zero attached hydrogens (tertiary/aromatic N) is 2. The fourth-order valence-corrected chi connectivity index (χ4v) is 3.13. The lowest BCUT2D eigenvalue weighted by Crippen LogP contribution is -2.35. The lowest BCUT2D eigenvalue weighted by molar-refractivity contribution is 0.237. The zero-order chi connectivity index (χ0) is 16.4. The molecule has 3 rings (SSSR count). The Hall–Kier alpha value is -1.86. The second-order valence-electron chi connectivity index (χ2n) is 5.42. The lowest BCUT2D eigenvalue weighted by atomic mass is 10.1. The van der Waals surface area contributed by atoms with Crippen LogP contribution in [0.15, 0.2) is 28.2 Å². The van der Waals surface area contributed by atoms with Crippen LogP contribution >= 0.6 is 11.8 Å². The van der Waals surface area contributed by atoms with Crippen LogP contribution in [0.5, 0.6) is 5.75 Å². The topological polar surface area (TPSA) is 58.2 Å². The van der Waals surface area contributed by atoms with Gasteiger partial charge in [-0.1, -0.05) is 11.8 Å². The zero-order valence-corrected chi connectivity index (χ0v) is 13.9. The molecule has 2 aromatic rings. The van der Waals surface area contributed by atoms with E-state index >= 15 is 0 Å². The summed E-state index contributed by atoms with van der Waals surface area (Å²) in [5.41, 5.74) is 1.99. The van der Waals surface area contributed by atoms with E-state index in [2.05, 4.69) is 14.9 Å². The standard InChI is InChI=1S/C16H18FN3O2S/c1-22-11-3-4-13(17)10(7-11)8-20-6-5-14-12(9-20)15(21)19-16(18-14)23-2/h3-4,7H,5-6,8-9H2,1-2H3,(H,18,19,21). The molecule has 0 spiro atoms. The number of H-pyrrole nitrogens is 1. The molecule has 1 aromatic carbocycles. The van der Waals surface area contributed by atoms with Crippen LogP contribution in [0.4, 0.5) is 4.39 Å². The fourth-order valence-electron chi connectivity index (χ4n) is 2.73. The average molecular weight is 335 g/mol. The summed E-state index contributed by atoms with van der Waals surface area (Å²) in [7, 11) is 1.56. The van der Waals surface area contributed by atoms with Gasteiger partial charge < -0.3 is 9.72 Å². The Morgan fingerprint density at radius 3 is 3.04 bits per heavy atom. The maximum atomic E-state index is 14.0. The van der Waals surface area contributed by atoms with E-state index in [1.54, 1.807) is 19.2 Å². The number of thioether (sulfide) groups is 1. The van der Waals surface area contributed by atoms with Crippen molar-refractivity contribution in [1.82, 2.24) is 14.9 Å². The predicted molar refractivity (Wildman–Crippen MR) is 87.4 cm³/mol. The molecule has 0 amide bonds. The van der Waals surface area contributed by atoms with Crippen molar-refractivity contribution in [2.24, 2.45) is 0 Å². The van der Waals surface area contributed by atoms with Crippen molar-refractivity contribution in [1.29, 1.82) is 0 Å². The van der Waals surface area contributed by atoms with Crippen LogP contribution in [0.2, 0.25) is 0 Å². The second kappa shape index (κ2) is 6.72. The van der Waals surface area contributed by atoms with Crippen molar-refractivity contribution < 1.29 is 9.13 Å². The first-order chi connectivity index (χ1) is 11.1. The van der Waals surface area contributed by atoms with Gasteiger partial charge in [-0.25, -0.2) is 9.37 Å². The van der Waals surface area contributed by atoms with E-state index in [0.717, 1.165) is 12.2 Å². The minimum atomic E-state index is -0.263. The number of benzene rings is 1. The molecule has 1 aliphatic rings. The number of aromatic amines is 1. The van der Waals surface area contributed by atoms with Crippen molar-refractivity contribution >= 4 is 11.8 Å². The Morgan fingerprint density at radius 1 is 1.48 bits per heavy atom. The number of hydrogen-bond acceptors (Lipinski definition) is 5. The molecule has 0 unspecified atom stereocenters. The SMILES string of the molecule is COc1ccc(F)c(CN2CCc3nc(SC)[nH]c(=O)c3C2)c1. The van der Waals surface area contributed by atoms with E-state index in [4.69, 9.17) is 4.74 Å². The zero-order valence-electron chi connectivity index (χ0n) is 13.1. The van der Waals surface area contributed by atoms with Crippen LogP contribution in [0.3, 0.4) is 0 Å². The van der Waals surface area contributed by atoms with Crippen molar-refractivity contribution in [3.05, 3.63) is 51.2 Å². The van der Waals surface area contributed by atoms with E-state index in [9.17, 15) is 9.18 Å². The third-order valence-corrected chi connectivity index (χ3v) is 4.55. The van der Waals surface area contributed by atoms with Crippen LogP contribution in [-0.4, -0.2) is 34.8 Å². The number of fused-ring (bicyclic) bond motifs is 1. The third-order valence-electron chi connectivity index (χ3n) is 3.97. The first-order valence-corrected chi connectivity index (χ1v) is 8.54. The van der Waals surface area contributed by atoms with Crippen molar-refractivity contribution in [3.8, 4) is 5.75 Å². The molecule has 0 fully saturated rings. The lowest BCUT2D eigenvalue weighted by Gasteiger charge is -2.27. The smallest absolute Gasteiger partial charge is 0.256 e. The summed E-state index contributed by atoms with van der Waals surface area (Å²) < 4.78 is 19.1. The number of rotatable bonds is 4. The van der Waals surface area contributed by atoms with Gasteiger partial charge in [-0.2, -0.15) is 0 Å². The number of methoxy groups -OCH3 is 1. The molecule has 1 N–H and O–H groups in total. The van der Waals surface area contributed by atoms with Gasteiger partial charge >= 0.3 is 0 Å². The van der Waals surface area contributed by atoms with Gasteiger partial charge in [-0.3, -0.25) is 9.69 Å². The fraction of sp³-hybridized carbons (Fsp3) is 0.375. The van der Waals surface area contributed by atoms with Gasteiger partial charge in [0.15, 0.2) is 5.16 Å². The molecule has 0 saturated carbocycles. The minimum absolute atomic E-state index is 0.102. The molecule has 0 aliphatic carbocycles. The average Bonchev–Trinajstić information content (AvgIpc) is 2.57. The third kappa shape index (κ3) is 3.40. The Kier molecular flexibility index (Phi) is 4.68. The maximum Gasteiger partial charge on any atom is 0.256 e. The number of aromatic nitrogens is 2. The Labute approximate surface area is 137 Å². The van der Waals surface area contributed by atoms with Gasteiger partial charge in [0.25, 0.3) is 5.56 Å². The summed E-state index contributed by atoms with van der Waals surface area (Å²) in [5.74, 6) is 0.365. The highest BCUT2D eigenvalue weighted by molar-refractivity contribution is 7.98. The van der Waals surface area contributed by atoms with E-state index in [-0.39, 0.29) is 11.4 Å². The van der Waals surface area contributed by atoms with Crippen molar-refractivity contribution in [3.63, 3.8) is 0 Å². The molecule has 5 nitrogen and oxygen atoms in total. The van der Waals surface area contributed by atoms with Gasteiger partial charge in [-0.05, 0) is 24.5 Å². The molecule has 1 aromatic heterocycles. The van der Waals surface area contributed by atoms with Crippen LogP contribution in [0, 0.1) is 5.82 Å². The molecule has 0 radical (unpaired) electrons. The van der Waals surface area contributed by atoms with Crippen molar-refractivity contribution in [2.45, 2.75) is 24.7 Å². The van der Waals surface area contributed by atoms with Crippen LogP contribution in [-0.2, 0) is 19.5 Å². The molecule has 23 heavy (non-hydrogen) atoms. The number of nitrogens with one attached hydrogen (secondary N) is 1. The highest BCUT2D eigenvalue weighted by atomic mass is 32.2. The van der Waals surface area contributed by atoms with Gasteiger partial charge in [0, 0.05) is 31.6 Å². The summed E-state index contributed by atoms with van der Waals surface area (Å²) in [6.07, 6.45) is 2.57. The Morgan fingerprint density at radius 2 is 2.30 bits per heavy atom. The summed E-state index contributed by atoms with van der Waals surface area (Å²) in [5, 5.41) is 0.640. The van der Waals surface area contributed by atoms with Crippen molar-refractivity contribution in [2.75, 3.05) is 19.9 Å². The molecule has 122 valence electrons. The van der Waals surface area contributed by atoms with E-state index in [1.165, 1.54) is 17.8 Å². The summed E-state index contributed by atoms with van der Waals surface area (Å²) >= 11 is 1.42. The maximum absolute atomic E-state index is 14.0. The predicted octanol–water partition coefficient (Wildman–Crippen LogP) is 2.20. The first kappa shape index (κ1) is 16.0. The molecule has 2 heterocycles. The normalized spacial score (nSPS) is 14.6. The van der Waals surface area contributed by atoms with Gasteiger partial charge in [-0.15, -0.1) is 0 Å². The monoisotopic (exact) mass is 335 g/mol. The van der Waals surface area contributed by atoms with Crippen LogP contribution in [0.25, 0.3) is 0 Å². The number of ether oxygens (including phenoxy) is 1. The summed E-state index contributed by atoms with van der Waals surface area (Å²) in [4.78, 5) is 21.5. The number of hydrogen-bond donors (Lipinski definition) is 1. The van der Waals surface area contributed by atoms with Crippen LogP contribution < -0.4 is 10.3 Å². The number of halogens is 1. The van der Waals surface area contributed by atoms with Gasteiger partial charge in [0.05, 0.1) is 18.4 Å². The van der Waals surface area contributed by atoms with E-state index in [1.807, 2.05) is 6.26 Å². The summed E-state index contributed by atoms with van der Waals surface area (Å²) in [6.45, 7) is 1.66. The van der Waals surface area contributed by atoms with Gasteiger partial charge in [0.2, 0.25) is 0 Å². The van der Waals surface area contributed by atoms with Gasteiger partial charge in [0.1, 0.15) is 11.6 Å². The summed E-state index contributed by atoms with van der Waals surface area (Å²) in [6, 6.07) is 4.71. The highest BCUT2D eigenvalue weighted by Crippen LogP contribution is 2.22. The molecule has 0 atom stereocenters. The Bertz CT molecular complexity index is 778. The van der Waals surface area contributed by atoms with E-state index in [0.29, 0.717) is 41.5 Å². The van der Waals surface area contributed by atoms with Crippen LogP contribution in [0.1, 0.15) is 16.8 Å². The minimum Gasteiger partial charge on any atom is -0.497 e. The molecular formula is C16H18FN3O2S. The largest absolute Gasteiger partial charge is 0.497 e. The second-order valence-corrected chi connectivity index (χ2v) is 6.21. The molecular weight excluding hydrogens is 317 g/mol. The van der Waals surface area contributed by atoms with E-state index < -0.39 is 0 Å². The Balaban J connectivity index is 1.81. The molecule has 1 aliphatic heterocycles. The first-order valence-electron chi connectivity index (χ1n) is 7.31. The molecule has 0 bridgehead atoms.